The zero-order valence-corrected chi connectivity index (χ0v) is 15.7. The van der Waals surface area contributed by atoms with E-state index in [0.29, 0.717) is 11.9 Å². The number of hydrogen-bond acceptors (Lipinski definition) is 2. The van der Waals surface area contributed by atoms with Crippen molar-refractivity contribution in [1.29, 1.82) is 0 Å². The summed E-state index contributed by atoms with van der Waals surface area (Å²) in [5.74, 6) is 1.55. The Morgan fingerprint density at radius 3 is 2.68 bits per heavy atom. The Bertz CT molecular complexity index is 435. The van der Waals surface area contributed by atoms with E-state index < -0.39 is 6.55 Å². The highest BCUT2D eigenvalue weighted by Gasteiger charge is 2.10. The summed E-state index contributed by atoms with van der Waals surface area (Å²) in [6.07, 6.45) is 4.81. The van der Waals surface area contributed by atoms with Crippen LogP contribution in [0, 0.1) is 5.92 Å². The second-order valence-electron chi connectivity index (χ2n) is 5.19. The highest BCUT2D eigenvalue weighted by atomic mass is 127. The molecule has 1 rings (SSSR count). The Morgan fingerprint density at radius 2 is 2.09 bits per heavy atom. The van der Waals surface area contributed by atoms with Crippen molar-refractivity contribution in [1.82, 2.24) is 20.2 Å². The van der Waals surface area contributed by atoms with Gasteiger partial charge >= 0.3 is 6.55 Å². The summed E-state index contributed by atoms with van der Waals surface area (Å²) in [6.45, 7) is 5.40. The number of aliphatic imine (C=N–C) groups is 1. The Balaban J connectivity index is 0.00000441. The molecule has 128 valence electrons. The molecule has 8 heteroatoms. The third-order valence-corrected chi connectivity index (χ3v) is 2.93. The first-order chi connectivity index (χ1) is 10.0. The number of nitrogens with zero attached hydrogens (tertiary/aromatic N) is 3. The molecule has 0 bridgehead atoms. The van der Waals surface area contributed by atoms with Crippen molar-refractivity contribution in [3.05, 3.63) is 18.2 Å². The maximum atomic E-state index is 12.7. The van der Waals surface area contributed by atoms with E-state index in [1.807, 2.05) is 6.92 Å². The van der Waals surface area contributed by atoms with Gasteiger partial charge in [-0.1, -0.05) is 13.8 Å². The molecule has 2 N–H and O–H groups in total. The van der Waals surface area contributed by atoms with E-state index in [9.17, 15) is 8.78 Å². The van der Waals surface area contributed by atoms with Gasteiger partial charge in [0.25, 0.3) is 0 Å². The van der Waals surface area contributed by atoms with E-state index in [-0.39, 0.29) is 36.3 Å². The molecule has 0 radical (unpaired) electrons. The first-order valence-corrected chi connectivity index (χ1v) is 7.36. The smallest absolute Gasteiger partial charge is 0.319 e. The van der Waals surface area contributed by atoms with Gasteiger partial charge in [-0.3, -0.25) is 4.57 Å². The molecule has 0 amide bonds. The van der Waals surface area contributed by atoms with Gasteiger partial charge in [0.15, 0.2) is 5.96 Å². The summed E-state index contributed by atoms with van der Waals surface area (Å²) in [4.78, 5) is 8.20. The maximum Gasteiger partial charge on any atom is 0.319 e. The predicted molar refractivity (Wildman–Crippen MR) is 95.8 cm³/mol. The average molecular weight is 429 g/mol. The Hall–Kier alpha value is -0.930. The van der Waals surface area contributed by atoms with Crippen LogP contribution in [0.1, 0.15) is 46.0 Å². The van der Waals surface area contributed by atoms with Crippen LogP contribution in [0.5, 0.6) is 0 Å². The van der Waals surface area contributed by atoms with Crippen LogP contribution in [-0.2, 0) is 6.54 Å². The molecule has 0 atom stereocenters. The van der Waals surface area contributed by atoms with Crippen LogP contribution < -0.4 is 10.6 Å². The summed E-state index contributed by atoms with van der Waals surface area (Å²) in [7, 11) is 0. The molecule has 0 aliphatic rings. The lowest BCUT2D eigenvalue weighted by Gasteiger charge is -2.12. The first-order valence-electron chi connectivity index (χ1n) is 7.36. The lowest BCUT2D eigenvalue weighted by molar-refractivity contribution is 0.0671. The Kier molecular flexibility index (Phi) is 11.1. The van der Waals surface area contributed by atoms with Crippen LogP contribution in [0.4, 0.5) is 8.78 Å². The summed E-state index contributed by atoms with van der Waals surface area (Å²) in [6, 6.07) is 0. The van der Waals surface area contributed by atoms with Crippen LogP contribution in [0.15, 0.2) is 17.4 Å². The fourth-order valence-electron chi connectivity index (χ4n) is 1.85. The molecule has 0 saturated carbocycles. The van der Waals surface area contributed by atoms with Gasteiger partial charge < -0.3 is 10.6 Å². The number of aromatic nitrogens is 2. The van der Waals surface area contributed by atoms with Crippen molar-refractivity contribution >= 4 is 29.9 Å². The van der Waals surface area contributed by atoms with Crippen molar-refractivity contribution in [3.63, 3.8) is 0 Å². The largest absolute Gasteiger partial charge is 0.357 e. The van der Waals surface area contributed by atoms with Crippen molar-refractivity contribution in [2.75, 3.05) is 13.1 Å². The molecule has 0 unspecified atom stereocenters. The van der Waals surface area contributed by atoms with Gasteiger partial charge in [-0.25, -0.2) is 9.98 Å². The minimum absolute atomic E-state index is 0. The van der Waals surface area contributed by atoms with Gasteiger partial charge in [0.05, 0.1) is 0 Å². The quantitative estimate of drug-likeness (QED) is 0.288. The predicted octanol–water partition coefficient (Wildman–Crippen LogP) is 3.39. The molecule has 0 aliphatic carbocycles. The van der Waals surface area contributed by atoms with Crippen molar-refractivity contribution in [3.8, 4) is 0 Å². The molecule has 22 heavy (non-hydrogen) atoms. The molecule has 1 aromatic heterocycles. The van der Waals surface area contributed by atoms with Crippen LogP contribution in [-0.4, -0.2) is 28.6 Å². The Labute approximate surface area is 148 Å². The molecule has 1 aromatic rings. The zero-order chi connectivity index (χ0) is 15.7. The SMILES string of the molecule is CCNC(=NCc1nccn1C(F)F)NCCCC(C)C.I. The molecule has 1 heterocycles. The third kappa shape index (κ3) is 7.90. The first kappa shape index (κ1) is 21.1. The minimum atomic E-state index is -2.58. The maximum absolute atomic E-state index is 12.7. The van der Waals surface area contributed by atoms with Gasteiger partial charge in [0.1, 0.15) is 12.4 Å². The fraction of sp³-hybridized carbons (Fsp3) is 0.714. The molecular weight excluding hydrogens is 403 g/mol. The summed E-state index contributed by atoms with van der Waals surface area (Å²) in [5, 5.41) is 6.30. The number of halogens is 3. The summed E-state index contributed by atoms with van der Waals surface area (Å²) in [5.41, 5.74) is 0. The van der Waals surface area contributed by atoms with Crippen LogP contribution in [0.25, 0.3) is 0 Å². The van der Waals surface area contributed by atoms with E-state index in [0.717, 1.165) is 30.5 Å². The molecule has 0 aromatic carbocycles. The normalized spacial score (nSPS) is 11.7. The van der Waals surface area contributed by atoms with Gasteiger partial charge in [-0.2, -0.15) is 8.78 Å². The van der Waals surface area contributed by atoms with E-state index in [2.05, 4.69) is 34.5 Å². The van der Waals surface area contributed by atoms with Crippen LogP contribution in [0.2, 0.25) is 0 Å². The van der Waals surface area contributed by atoms with Crippen LogP contribution in [0.3, 0.4) is 0 Å². The van der Waals surface area contributed by atoms with E-state index >= 15 is 0 Å². The van der Waals surface area contributed by atoms with Gasteiger partial charge in [0, 0.05) is 25.5 Å². The lowest BCUT2D eigenvalue weighted by Crippen LogP contribution is -2.37. The molecule has 0 fully saturated rings. The molecular formula is C14H26F2IN5. The number of imidazole rings is 1. The number of guanidine groups is 1. The Morgan fingerprint density at radius 1 is 1.36 bits per heavy atom. The molecule has 5 nitrogen and oxygen atoms in total. The van der Waals surface area contributed by atoms with Crippen molar-refractivity contribution in [2.24, 2.45) is 10.9 Å². The van der Waals surface area contributed by atoms with Crippen molar-refractivity contribution < 1.29 is 8.78 Å². The summed E-state index contributed by atoms with van der Waals surface area (Å²) >= 11 is 0. The van der Waals surface area contributed by atoms with Gasteiger partial charge in [-0.15, -0.1) is 24.0 Å². The van der Waals surface area contributed by atoms with Crippen LogP contribution >= 0.6 is 24.0 Å². The molecule has 0 spiro atoms. The fourth-order valence-corrected chi connectivity index (χ4v) is 1.85. The highest BCUT2D eigenvalue weighted by molar-refractivity contribution is 14.0. The molecule has 0 aliphatic heterocycles. The number of hydrogen-bond donors (Lipinski definition) is 2. The number of nitrogens with one attached hydrogen (secondary N) is 2. The number of rotatable bonds is 8. The van der Waals surface area contributed by atoms with Crippen molar-refractivity contribution in [2.45, 2.75) is 46.7 Å². The lowest BCUT2D eigenvalue weighted by atomic mass is 10.1. The number of alkyl halides is 2. The standard InChI is InChI=1S/C14H25F2N5.HI/c1-4-17-14(19-7-5-6-11(2)3)20-10-12-18-8-9-21(12)13(15)16;/h8-9,11,13H,4-7,10H2,1-3H3,(H2,17,19,20);1H. The average Bonchev–Trinajstić information content (AvgIpc) is 2.89. The van der Waals surface area contributed by atoms with Gasteiger partial charge in [0.2, 0.25) is 0 Å². The molecule has 0 saturated heterocycles. The second-order valence-corrected chi connectivity index (χ2v) is 5.19. The van der Waals surface area contributed by atoms with E-state index in [1.54, 1.807) is 0 Å². The monoisotopic (exact) mass is 429 g/mol. The van der Waals surface area contributed by atoms with E-state index in [1.165, 1.54) is 12.4 Å². The second kappa shape index (κ2) is 11.6. The van der Waals surface area contributed by atoms with E-state index in [4.69, 9.17) is 0 Å². The highest BCUT2D eigenvalue weighted by Crippen LogP contribution is 2.12. The van der Waals surface area contributed by atoms with Gasteiger partial charge in [-0.05, 0) is 25.7 Å². The minimum Gasteiger partial charge on any atom is -0.357 e. The summed E-state index contributed by atoms with van der Waals surface area (Å²) < 4.78 is 26.2. The topological polar surface area (TPSA) is 54.2 Å². The zero-order valence-electron chi connectivity index (χ0n) is 13.4. The third-order valence-electron chi connectivity index (χ3n) is 2.93.